The second-order valence-corrected chi connectivity index (χ2v) is 7.25. The maximum Gasteiger partial charge on any atom is 0.168 e. The third-order valence-electron chi connectivity index (χ3n) is 2.11. The Morgan fingerprint density at radius 1 is 1.36 bits per heavy atom. The summed E-state index contributed by atoms with van der Waals surface area (Å²) in [5.41, 5.74) is 1.10. The lowest BCUT2D eigenvalue weighted by Gasteiger charge is -2.23. The third kappa shape index (κ3) is 2.00. The number of nitrogens with one attached hydrogen (secondary N) is 1. The quantitative estimate of drug-likeness (QED) is 0.566. The molecule has 1 aliphatic rings. The minimum absolute atomic E-state index is 0.342. The lowest BCUT2D eigenvalue weighted by Crippen LogP contribution is -2.43. The van der Waals surface area contributed by atoms with E-state index in [1.807, 2.05) is 25.1 Å². The van der Waals surface area contributed by atoms with Crippen molar-refractivity contribution >= 4 is 55.2 Å². The van der Waals surface area contributed by atoms with Gasteiger partial charge in [-0.1, -0.05) is 17.7 Å². The smallest absolute Gasteiger partial charge is 0.168 e. The number of alkyl halides is 2. The van der Waals surface area contributed by atoms with Crippen LogP contribution in [0.1, 0.15) is 6.92 Å². The SMILES string of the molecule is CC1=c2cc(Cl)ccc2=CC(Br)(Br)N1. The Hall–Kier alpha value is 0.01000. The van der Waals surface area contributed by atoms with Crippen molar-refractivity contribution in [3.05, 3.63) is 33.7 Å². The highest BCUT2D eigenvalue weighted by molar-refractivity contribution is 9.25. The number of halogens is 3. The maximum absolute atomic E-state index is 5.93. The average molecular weight is 337 g/mol. The Balaban J connectivity index is 2.81. The Kier molecular flexibility index (Phi) is 2.66. The molecular weight excluding hydrogens is 329 g/mol. The van der Waals surface area contributed by atoms with E-state index in [0.29, 0.717) is 0 Å². The average Bonchev–Trinajstić information content (AvgIpc) is 2.05. The minimum atomic E-state index is -0.342. The molecule has 2 rings (SSSR count). The van der Waals surface area contributed by atoms with Gasteiger partial charge in [-0.15, -0.1) is 0 Å². The van der Waals surface area contributed by atoms with Gasteiger partial charge in [0.05, 0.1) is 0 Å². The second kappa shape index (κ2) is 3.54. The highest BCUT2D eigenvalue weighted by Crippen LogP contribution is 2.26. The van der Waals surface area contributed by atoms with Crippen molar-refractivity contribution in [1.29, 1.82) is 0 Å². The highest BCUT2D eigenvalue weighted by atomic mass is 79.9. The molecule has 14 heavy (non-hydrogen) atoms. The van der Waals surface area contributed by atoms with E-state index in [-0.39, 0.29) is 3.36 Å². The molecule has 1 aromatic rings. The van der Waals surface area contributed by atoms with E-state index < -0.39 is 0 Å². The Morgan fingerprint density at radius 3 is 2.79 bits per heavy atom. The van der Waals surface area contributed by atoms with E-state index in [1.165, 1.54) is 5.22 Å². The summed E-state index contributed by atoms with van der Waals surface area (Å²) < 4.78 is -0.342. The van der Waals surface area contributed by atoms with Crippen molar-refractivity contribution in [2.24, 2.45) is 0 Å². The minimum Gasteiger partial charge on any atom is -0.361 e. The number of hydrogen-bond acceptors (Lipinski definition) is 1. The summed E-state index contributed by atoms with van der Waals surface area (Å²) >= 11 is 13.0. The van der Waals surface area contributed by atoms with Crippen LogP contribution in [0.4, 0.5) is 0 Å². The van der Waals surface area contributed by atoms with Crippen molar-refractivity contribution in [3.63, 3.8) is 0 Å². The maximum atomic E-state index is 5.93. The molecule has 1 aliphatic heterocycles. The van der Waals surface area contributed by atoms with Gasteiger partial charge >= 0.3 is 0 Å². The largest absolute Gasteiger partial charge is 0.361 e. The van der Waals surface area contributed by atoms with Gasteiger partial charge in [-0.25, -0.2) is 0 Å². The van der Waals surface area contributed by atoms with Crippen LogP contribution in [0.2, 0.25) is 5.02 Å². The fraction of sp³-hybridized carbons (Fsp3) is 0.200. The Bertz CT molecular complexity index is 493. The summed E-state index contributed by atoms with van der Waals surface area (Å²) in [5.74, 6) is 0. The summed E-state index contributed by atoms with van der Waals surface area (Å²) in [6.07, 6.45) is 2.06. The van der Waals surface area contributed by atoms with E-state index in [0.717, 1.165) is 15.9 Å². The van der Waals surface area contributed by atoms with Gasteiger partial charge in [0.15, 0.2) is 3.36 Å². The molecule has 1 aromatic carbocycles. The van der Waals surface area contributed by atoms with Crippen LogP contribution < -0.4 is 15.8 Å². The zero-order valence-corrected chi connectivity index (χ0v) is 11.4. The van der Waals surface area contributed by atoms with Gasteiger partial charge in [-0.05, 0) is 62.2 Å². The van der Waals surface area contributed by atoms with Crippen molar-refractivity contribution < 1.29 is 0 Å². The number of benzene rings is 1. The summed E-state index contributed by atoms with van der Waals surface area (Å²) in [7, 11) is 0. The van der Waals surface area contributed by atoms with Crippen molar-refractivity contribution in [1.82, 2.24) is 5.32 Å². The zero-order chi connectivity index (χ0) is 10.3. The van der Waals surface area contributed by atoms with Gasteiger partial charge in [-0.3, -0.25) is 0 Å². The van der Waals surface area contributed by atoms with Gasteiger partial charge in [-0.2, -0.15) is 0 Å². The molecule has 0 spiro atoms. The zero-order valence-electron chi connectivity index (χ0n) is 7.44. The normalized spacial score (nSPS) is 18.1. The van der Waals surface area contributed by atoms with E-state index in [1.54, 1.807) is 0 Å². The van der Waals surface area contributed by atoms with Crippen LogP contribution >= 0.6 is 43.5 Å². The summed E-state index contributed by atoms with van der Waals surface area (Å²) in [6, 6.07) is 5.87. The van der Waals surface area contributed by atoms with Gasteiger partial charge in [0.1, 0.15) is 0 Å². The van der Waals surface area contributed by atoms with Crippen LogP contribution in [0.3, 0.4) is 0 Å². The molecule has 0 unspecified atom stereocenters. The van der Waals surface area contributed by atoms with Crippen LogP contribution in [-0.2, 0) is 0 Å². The summed E-state index contributed by atoms with van der Waals surface area (Å²) in [4.78, 5) is 0. The van der Waals surface area contributed by atoms with E-state index in [4.69, 9.17) is 11.6 Å². The van der Waals surface area contributed by atoms with E-state index in [9.17, 15) is 0 Å². The van der Waals surface area contributed by atoms with Crippen LogP contribution in [0.15, 0.2) is 18.2 Å². The van der Waals surface area contributed by atoms with Crippen molar-refractivity contribution in [2.45, 2.75) is 10.3 Å². The molecule has 1 nitrogen and oxygen atoms in total. The first-order valence-corrected chi connectivity index (χ1v) is 6.10. The third-order valence-corrected chi connectivity index (χ3v) is 3.20. The summed E-state index contributed by atoms with van der Waals surface area (Å²) in [5, 5.41) is 6.35. The predicted octanol–water partition coefficient (Wildman–Crippen LogP) is 2.30. The molecule has 1 N–H and O–H groups in total. The van der Waals surface area contributed by atoms with Gasteiger partial charge < -0.3 is 5.32 Å². The molecular formula is C10H8Br2ClN. The lowest BCUT2D eigenvalue weighted by molar-refractivity contribution is 0.920. The monoisotopic (exact) mass is 335 g/mol. The fourth-order valence-corrected chi connectivity index (χ4v) is 2.79. The topological polar surface area (TPSA) is 12.0 Å². The number of rotatable bonds is 0. The van der Waals surface area contributed by atoms with Gasteiger partial charge in [0.2, 0.25) is 0 Å². The molecule has 74 valence electrons. The first-order chi connectivity index (χ1) is 6.48. The second-order valence-electron chi connectivity index (χ2n) is 3.25. The molecule has 0 fully saturated rings. The standard InChI is InChI=1S/C10H8Br2ClN/c1-6-9-4-8(13)3-2-7(9)5-10(11,12)14-6/h2-5,14H,1H3. The predicted molar refractivity (Wildman–Crippen MR) is 68.0 cm³/mol. The van der Waals surface area contributed by atoms with Gasteiger partial charge in [0.25, 0.3) is 0 Å². The molecule has 1 heterocycles. The van der Waals surface area contributed by atoms with Gasteiger partial charge in [0, 0.05) is 15.9 Å². The fourth-order valence-electron chi connectivity index (χ4n) is 1.53. The van der Waals surface area contributed by atoms with Crippen molar-refractivity contribution in [3.8, 4) is 0 Å². The molecule has 4 heteroatoms. The van der Waals surface area contributed by atoms with Crippen molar-refractivity contribution in [2.75, 3.05) is 0 Å². The molecule has 0 bridgehead atoms. The summed E-state index contributed by atoms with van der Waals surface area (Å²) in [6.45, 7) is 2.03. The number of fused-ring (bicyclic) bond motifs is 1. The molecule has 0 atom stereocenters. The molecule has 0 amide bonds. The molecule has 0 radical (unpaired) electrons. The highest BCUT2D eigenvalue weighted by Gasteiger charge is 2.21. The Labute approximate surface area is 104 Å². The lowest BCUT2D eigenvalue weighted by atomic mass is 10.1. The Morgan fingerprint density at radius 2 is 2.07 bits per heavy atom. The first kappa shape index (κ1) is 10.5. The molecule has 0 saturated heterocycles. The molecule has 0 saturated carbocycles. The first-order valence-electron chi connectivity index (χ1n) is 4.13. The van der Waals surface area contributed by atoms with E-state index in [2.05, 4.69) is 43.3 Å². The van der Waals surface area contributed by atoms with Crippen LogP contribution in [0.25, 0.3) is 11.8 Å². The van der Waals surface area contributed by atoms with Crippen LogP contribution in [0.5, 0.6) is 0 Å². The molecule has 0 aliphatic carbocycles. The number of hydrogen-bond donors (Lipinski definition) is 1. The van der Waals surface area contributed by atoms with Crippen LogP contribution in [0, 0.1) is 0 Å². The van der Waals surface area contributed by atoms with E-state index >= 15 is 0 Å². The van der Waals surface area contributed by atoms with Crippen LogP contribution in [-0.4, -0.2) is 3.36 Å². The molecule has 0 aromatic heterocycles.